The van der Waals surface area contributed by atoms with Gasteiger partial charge in [0.2, 0.25) is 10.0 Å². The lowest BCUT2D eigenvalue weighted by Crippen LogP contribution is -2.34. The van der Waals surface area contributed by atoms with Gasteiger partial charge in [-0.1, -0.05) is 0 Å². The molecule has 1 aromatic heterocycles. The average molecular weight is 328 g/mol. The molecule has 2 aliphatic heterocycles. The van der Waals surface area contributed by atoms with E-state index in [9.17, 15) is 8.42 Å². The van der Waals surface area contributed by atoms with Crippen molar-refractivity contribution in [1.82, 2.24) is 19.0 Å². The van der Waals surface area contributed by atoms with Crippen LogP contribution in [0.15, 0.2) is 12.4 Å². The van der Waals surface area contributed by atoms with Crippen LogP contribution in [0.1, 0.15) is 12.5 Å². The Balaban J connectivity index is 1.65. The van der Waals surface area contributed by atoms with E-state index < -0.39 is 10.0 Å². The predicted molar refractivity (Wildman–Crippen MR) is 82.7 cm³/mol. The maximum Gasteiger partial charge on any atom is 0.213 e. The van der Waals surface area contributed by atoms with Crippen molar-refractivity contribution in [3.63, 3.8) is 0 Å². The van der Waals surface area contributed by atoms with Crippen LogP contribution in [0.5, 0.6) is 0 Å². The summed E-state index contributed by atoms with van der Waals surface area (Å²) in [7, 11) is -1.21. The van der Waals surface area contributed by atoms with Gasteiger partial charge in [-0.2, -0.15) is 9.40 Å². The van der Waals surface area contributed by atoms with Gasteiger partial charge in [0.1, 0.15) is 0 Å². The highest BCUT2D eigenvalue weighted by Gasteiger charge is 2.40. The van der Waals surface area contributed by atoms with Gasteiger partial charge in [-0.15, -0.1) is 0 Å². The molecule has 0 spiro atoms. The van der Waals surface area contributed by atoms with Gasteiger partial charge in [0, 0.05) is 57.4 Å². The quantitative estimate of drug-likeness (QED) is 0.772. The van der Waals surface area contributed by atoms with Gasteiger partial charge in [0.15, 0.2) is 0 Å². The van der Waals surface area contributed by atoms with E-state index in [0.717, 1.165) is 19.6 Å². The minimum Gasteiger partial charge on any atom is -0.375 e. The molecule has 2 atom stereocenters. The van der Waals surface area contributed by atoms with E-state index in [2.05, 4.69) is 10.00 Å². The number of ether oxygens (including phenoxy) is 1. The summed E-state index contributed by atoms with van der Waals surface area (Å²) in [4.78, 5) is 2.34. The molecule has 0 unspecified atom stereocenters. The van der Waals surface area contributed by atoms with E-state index in [1.165, 1.54) is 5.56 Å². The number of aromatic nitrogens is 2. The zero-order valence-corrected chi connectivity index (χ0v) is 14.0. The van der Waals surface area contributed by atoms with E-state index >= 15 is 0 Å². The maximum absolute atomic E-state index is 12.1. The molecular formula is C14H24N4O3S. The van der Waals surface area contributed by atoms with Crippen LogP contribution < -0.4 is 0 Å². The van der Waals surface area contributed by atoms with E-state index in [-0.39, 0.29) is 17.8 Å². The third-order valence-corrected chi connectivity index (χ3v) is 6.32. The Kier molecular flexibility index (Phi) is 4.54. The van der Waals surface area contributed by atoms with Gasteiger partial charge in [-0.05, 0) is 6.92 Å². The SMILES string of the molecule is CCS(=O)(=O)N1C[C@H]2CN(Cc3cnn(C)c3)CCO[C@H]2C1. The Hall–Kier alpha value is -0.960. The standard InChI is InChI=1S/C14H24N4O3S/c1-3-22(19,20)18-10-13-9-17(4-5-21-14(13)11-18)8-12-6-15-16(2)7-12/h6-7,13-14H,3-5,8-11H2,1-2H3/t13-,14+/m1/s1. The minimum atomic E-state index is -3.12. The van der Waals surface area contributed by atoms with Gasteiger partial charge in [0.25, 0.3) is 0 Å². The van der Waals surface area contributed by atoms with Crippen molar-refractivity contribution in [2.75, 3.05) is 38.5 Å². The predicted octanol–water partition coefficient (Wildman–Crippen LogP) is -0.0976. The first-order valence-electron chi connectivity index (χ1n) is 7.77. The molecule has 0 bridgehead atoms. The van der Waals surface area contributed by atoms with Crippen LogP contribution in [0.2, 0.25) is 0 Å². The molecule has 2 fully saturated rings. The second-order valence-corrected chi connectivity index (χ2v) is 8.40. The number of rotatable bonds is 4. The molecule has 8 heteroatoms. The van der Waals surface area contributed by atoms with Crippen molar-refractivity contribution in [2.24, 2.45) is 13.0 Å². The molecule has 3 rings (SSSR count). The summed E-state index contributed by atoms with van der Waals surface area (Å²) in [6.45, 7) is 6.01. The summed E-state index contributed by atoms with van der Waals surface area (Å²) in [5.74, 6) is 0.409. The van der Waals surface area contributed by atoms with E-state index in [0.29, 0.717) is 19.7 Å². The van der Waals surface area contributed by atoms with Crippen LogP contribution in [0.3, 0.4) is 0 Å². The van der Waals surface area contributed by atoms with Crippen LogP contribution in [-0.4, -0.2) is 72.0 Å². The summed E-state index contributed by atoms with van der Waals surface area (Å²) in [6.07, 6.45) is 3.93. The van der Waals surface area contributed by atoms with Crippen LogP contribution >= 0.6 is 0 Å². The lowest BCUT2D eigenvalue weighted by molar-refractivity contribution is 0.0546. The molecule has 0 amide bonds. The number of hydrogen-bond acceptors (Lipinski definition) is 5. The van der Waals surface area contributed by atoms with Gasteiger partial charge in [-0.3, -0.25) is 9.58 Å². The Morgan fingerprint density at radius 2 is 2.18 bits per heavy atom. The third kappa shape index (κ3) is 3.34. The average Bonchev–Trinajstić information content (AvgIpc) is 3.02. The normalized spacial score (nSPS) is 27.7. The Bertz CT molecular complexity index is 615. The number of hydrogen-bond donors (Lipinski definition) is 0. The molecule has 1 aromatic rings. The first kappa shape index (κ1) is 15.9. The van der Waals surface area contributed by atoms with Crippen molar-refractivity contribution in [3.05, 3.63) is 18.0 Å². The molecule has 124 valence electrons. The molecule has 0 saturated carbocycles. The van der Waals surface area contributed by atoms with Crippen molar-refractivity contribution in [1.29, 1.82) is 0 Å². The Labute approximate surface area is 131 Å². The first-order chi connectivity index (χ1) is 10.5. The molecule has 0 radical (unpaired) electrons. The highest BCUT2D eigenvalue weighted by atomic mass is 32.2. The second kappa shape index (κ2) is 6.27. The van der Waals surface area contributed by atoms with E-state index in [1.807, 2.05) is 19.4 Å². The zero-order valence-electron chi connectivity index (χ0n) is 13.2. The van der Waals surface area contributed by atoms with Crippen molar-refractivity contribution < 1.29 is 13.2 Å². The summed E-state index contributed by atoms with van der Waals surface area (Å²) in [6, 6.07) is 0. The van der Waals surface area contributed by atoms with E-state index in [1.54, 1.807) is 15.9 Å². The number of sulfonamides is 1. The lowest BCUT2D eigenvalue weighted by Gasteiger charge is -2.22. The minimum absolute atomic E-state index is 0.0280. The van der Waals surface area contributed by atoms with Crippen LogP contribution in [0.25, 0.3) is 0 Å². The Morgan fingerprint density at radius 1 is 1.36 bits per heavy atom. The molecule has 2 aliphatic rings. The number of aryl methyl sites for hydroxylation is 1. The summed E-state index contributed by atoms with van der Waals surface area (Å²) in [5, 5.41) is 4.20. The maximum atomic E-state index is 12.1. The second-order valence-electron chi connectivity index (χ2n) is 6.14. The van der Waals surface area contributed by atoms with Crippen molar-refractivity contribution >= 4 is 10.0 Å². The van der Waals surface area contributed by atoms with Gasteiger partial charge >= 0.3 is 0 Å². The largest absolute Gasteiger partial charge is 0.375 e. The molecule has 0 aliphatic carbocycles. The molecule has 0 N–H and O–H groups in total. The monoisotopic (exact) mass is 328 g/mol. The highest BCUT2D eigenvalue weighted by Crippen LogP contribution is 2.26. The Morgan fingerprint density at radius 3 is 2.86 bits per heavy atom. The summed E-state index contributed by atoms with van der Waals surface area (Å²) >= 11 is 0. The lowest BCUT2D eigenvalue weighted by atomic mass is 10.1. The first-order valence-corrected chi connectivity index (χ1v) is 9.38. The zero-order chi connectivity index (χ0) is 15.7. The fraction of sp³-hybridized carbons (Fsp3) is 0.786. The number of fused-ring (bicyclic) bond motifs is 1. The van der Waals surface area contributed by atoms with Crippen molar-refractivity contribution in [3.8, 4) is 0 Å². The van der Waals surface area contributed by atoms with Crippen LogP contribution in [0.4, 0.5) is 0 Å². The van der Waals surface area contributed by atoms with Gasteiger partial charge < -0.3 is 4.74 Å². The molecule has 22 heavy (non-hydrogen) atoms. The molecule has 2 saturated heterocycles. The van der Waals surface area contributed by atoms with Gasteiger partial charge in [-0.25, -0.2) is 8.42 Å². The van der Waals surface area contributed by atoms with Crippen LogP contribution in [0, 0.1) is 5.92 Å². The summed E-state index contributed by atoms with van der Waals surface area (Å²) in [5.41, 5.74) is 1.18. The molecule has 3 heterocycles. The topological polar surface area (TPSA) is 67.7 Å². The highest BCUT2D eigenvalue weighted by molar-refractivity contribution is 7.89. The molecular weight excluding hydrogens is 304 g/mol. The van der Waals surface area contributed by atoms with Crippen molar-refractivity contribution in [2.45, 2.75) is 19.6 Å². The van der Waals surface area contributed by atoms with Crippen LogP contribution in [-0.2, 0) is 28.4 Å². The smallest absolute Gasteiger partial charge is 0.213 e. The number of nitrogens with zero attached hydrogens (tertiary/aromatic N) is 4. The third-order valence-electron chi connectivity index (χ3n) is 4.50. The fourth-order valence-corrected chi connectivity index (χ4v) is 4.45. The van der Waals surface area contributed by atoms with Gasteiger partial charge in [0.05, 0.1) is 24.7 Å². The van der Waals surface area contributed by atoms with E-state index in [4.69, 9.17) is 4.74 Å². The molecule has 0 aromatic carbocycles. The molecule has 7 nitrogen and oxygen atoms in total. The fourth-order valence-electron chi connectivity index (χ4n) is 3.29. The summed E-state index contributed by atoms with van der Waals surface area (Å²) < 4.78 is 33.4.